The molecule has 0 saturated carbocycles. The first-order chi connectivity index (χ1) is 8.31. The van der Waals surface area contributed by atoms with Gasteiger partial charge < -0.3 is 0 Å². The Kier molecular flexibility index (Phi) is 3.12. The van der Waals surface area contributed by atoms with E-state index in [-0.39, 0.29) is 0 Å². The zero-order valence-corrected chi connectivity index (χ0v) is 11.7. The zero-order valence-electron chi connectivity index (χ0n) is 9.32. The van der Waals surface area contributed by atoms with Crippen molar-refractivity contribution in [1.82, 2.24) is 4.98 Å². The van der Waals surface area contributed by atoms with Gasteiger partial charge in [0.15, 0.2) is 0 Å². The van der Waals surface area contributed by atoms with Crippen LogP contribution in [0.5, 0.6) is 0 Å². The normalized spacial score (nSPS) is 14.3. The number of thiazole rings is 1. The molecule has 1 aromatic heterocycles. The number of rotatable bonds is 2. The summed E-state index contributed by atoms with van der Waals surface area (Å²) < 4.78 is 1.27. The van der Waals surface area contributed by atoms with Gasteiger partial charge in [-0.3, -0.25) is 0 Å². The molecule has 0 unspecified atom stereocenters. The molecular formula is C14H12BrNS. The Bertz CT molecular complexity index is 557. The van der Waals surface area contributed by atoms with E-state index in [1.54, 1.807) is 0 Å². The second kappa shape index (κ2) is 4.75. The van der Waals surface area contributed by atoms with Gasteiger partial charge in [0.2, 0.25) is 0 Å². The van der Waals surface area contributed by atoms with E-state index < -0.39 is 0 Å². The van der Waals surface area contributed by atoms with Crippen LogP contribution in [0.15, 0.2) is 34.8 Å². The van der Waals surface area contributed by atoms with Crippen molar-refractivity contribution in [1.29, 1.82) is 0 Å². The number of benzene rings is 1. The molecule has 0 N–H and O–H groups in total. The number of hydrogen-bond acceptors (Lipinski definition) is 2. The first-order valence-corrected chi connectivity index (χ1v) is 7.31. The first-order valence-electron chi connectivity index (χ1n) is 5.70. The average Bonchev–Trinajstić information content (AvgIpc) is 2.71. The van der Waals surface area contributed by atoms with Crippen LogP contribution >= 0.6 is 27.3 Å². The highest BCUT2D eigenvalue weighted by Crippen LogP contribution is 2.31. The third-order valence-electron chi connectivity index (χ3n) is 2.85. The molecule has 3 heteroatoms. The SMILES string of the molecule is BrC1=Cc2nc(Cc3ccccc3)sc2CC1. The van der Waals surface area contributed by atoms with E-state index in [9.17, 15) is 0 Å². The van der Waals surface area contributed by atoms with E-state index in [1.165, 1.54) is 25.6 Å². The van der Waals surface area contributed by atoms with Crippen LogP contribution in [0.25, 0.3) is 6.08 Å². The third-order valence-corrected chi connectivity index (χ3v) is 4.61. The lowest BCUT2D eigenvalue weighted by atomic mass is 10.1. The number of aromatic nitrogens is 1. The molecule has 0 fully saturated rings. The molecule has 1 heterocycles. The van der Waals surface area contributed by atoms with Crippen molar-refractivity contribution in [3.63, 3.8) is 0 Å². The van der Waals surface area contributed by atoms with E-state index in [0.29, 0.717) is 0 Å². The monoisotopic (exact) mass is 305 g/mol. The summed E-state index contributed by atoms with van der Waals surface area (Å²) in [5.41, 5.74) is 2.50. The second-order valence-corrected chi connectivity index (χ2v) is 6.36. The van der Waals surface area contributed by atoms with Gasteiger partial charge >= 0.3 is 0 Å². The lowest BCUT2D eigenvalue weighted by molar-refractivity contribution is 0.987. The summed E-state index contributed by atoms with van der Waals surface area (Å²) in [7, 11) is 0. The quantitative estimate of drug-likeness (QED) is 0.800. The van der Waals surface area contributed by atoms with Gasteiger partial charge in [0.1, 0.15) is 0 Å². The third kappa shape index (κ3) is 2.50. The molecule has 2 aromatic rings. The fraction of sp³-hybridized carbons (Fsp3) is 0.214. The molecule has 1 nitrogen and oxygen atoms in total. The van der Waals surface area contributed by atoms with Crippen molar-refractivity contribution in [3.8, 4) is 0 Å². The van der Waals surface area contributed by atoms with Crippen LogP contribution in [-0.2, 0) is 12.8 Å². The number of aryl methyl sites for hydroxylation is 1. The molecule has 17 heavy (non-hydrogen) atoms. The number of halogens is 1. The maximum Gasteiger partial charge on any atom is 0.0979 e. The minimum Gasteiger partial charge on any atom is -0.241 e. The summed E-state index contributed by atoms with van der Waals surface area (Å²) in [6.45, 7) is 0. The molecule has 0 saturated heterocycles. The Morgan fingerprint density at radius 2 is 2.00 bits per heavy atom. The van der Waals surface area contributed by atoms with E-state index >= 15 is 0 Å². The van der Waals surface area contributed by atoms with Crippen LogP contribution in [0.4, 0.5) is 0 Å². The van der Waals surface area contributed by atoms with Gasteiger partial charge in [-0.15, -0.1) is 11.3 Å². The minimum absolute atomic E-state index is 0.948. The highest BCUT2D eigenvalue weighted by molar-refractivity contribution is 9.11. The van der Waals surface area contributed by atoms with Crippen molar-refractivity contribution < 1.29 is 0 Å². The van der Waals surface area contributed by atoms with Crippen LogP contribution in [0.1, 0.15) is 27.6 Å². The Morgan fingerprint density at radius 1 is 1.18 bits per heavy atom. The molecule has 0 bridgehead atoms. The van der Waals surface area contributed by atoms with Crippen molar-refractivity contribution in [2.45, 2.75) is 19.3 Å². The number of hydrogen-bond donors (Lipinski definition) is 0. The molecule has 1 aromatic carbocycles. The Labute approximate surface area is 113 Å². The molecule has 3 rings (SSSR count). The summed E-state index contributed by atoms with van der Waals surface area (Å²) >= 11 is 5.42. The topological polar surface area (TPSA) is 12.9 Å². The smallest absolute Gasteiger partial charge is 0.0979 e. The predicted octanol–water partition coefficient (Wildman–Crippen LogP) is 4.42. The van der Waals surface area contributed by atoms with Gasteiger partial charge in [-0.05, 0) is 29.0 Å². The maximum atomic E-state index is 4.71. The molecule has 0 radical (unpaired) electrons. The Balaban J connectivity index is 1.86. The number of fused-ring (bicyclic) bond motifs is 1. The number of nitrogens with zero attached hydrogens (tertiary/aromatic N) is 1. The number of allylic oxidation sites excluding steroid dienone is 1. The van der Waals surface area contributed by atoms with Crippen molar-refractivity contribution in [2.75, 3.05) is 0 Å². The fourth-order valence-electron chi connectivity index (χ4n) is 2.01. The van der Waals surface area contributed by atoms with Crippen LogP contribution in [-0.4, -0.2) is 4.98 Å². The standard InChI is InChI=1S/C14H12BrNS/c15-11-6-7-13-12(9-11)16-14(17-13)8-10-4-2-1-3-5-10/h1-5,9H,6-8H2. The minimum atomic E-state index is 0.948. The lowest BCUT2D eigenvalue weighted by Gasteiger charge is -2.04. The summed E-state index contributed by atoms with van der Waals surface area (Å²) in [4.78, 5) is 6.14. The van der Waals surface area contributed by atoms with Gasteiger partial charge in [0, 0.05) is 11.3 Å². The molecule has 1 aliphatic rings. The van der Waals surface area contributed by atoms with Gasteiger partial charge in [0.05, 0.1) is 10.7 Å². The van der Waals surface area contributed by atoms with Crippen molar-refractivity contribution >= 4 is 33.3 Å². The maximum absolute atomic E-state index is 4.71. The van der Waals surface area contributed by atoms with E-state index in [2.05, 4.69) is 52.3 Å². The Hall–Kier alpha value is -0.930. The first kappa shape index (κ1) is 11.2. The highest BCUT2D eigenvalue weighted by atomic mass is 79.9. The Morgan fingerprint density at radius 3 is 2.82 bits per heavy atom. The summed E-state index contributed by atoms with van der Waals surface area (Å²) in [5, 5.41) is 1.22. The van der Waals surface area contributed by atoms with Gasteiger partial charge in [-0.2, -0.15) is 0 Å². The summed E-state index contributed by atoms with van der Waals surface area (Å²) in [6.07, 6.45) is 5.34. The van der Waals surface area contributed by atoms with Crippen LogP contribution in [0.3, 0.4) is 0 Å². The van der Waals surface area contributed by atoms with Crippen molar-refractivity contribution in [3.05, 3.63) is 56.0 Å². The zero-order chi connectivity index (χ0) is 11.7. The molecule has 86 valence electrons. The molecule has 1 aliphatic carbocycles. The van der Waals surface area contributed by atoms with Crippen molar-refractivity contribution in [2.24, 2.45) is 0 Å². The molecule has 0 spiro atoms. The van der Waals surface area contributed by atoms with Gasteiger partial charge in [-0.25, -0.2) is 4.98 Å². The summed E-state index contributed by atoms with van der Waals surface area (Å²) in [6, 6.07) is 10.5. The molecule has 0 aliphatic heterocycles. The van der Waals surface area contributed by atoms with E-state index in [4.69, 9.17) is 4.98 Å². The molecule has 0 amide bonds. The predicted molar refractivity (Wildman–Crippen MR) is 76.6 cm³/mol. The largest absolute Gasteiger partial charge is 0.241 e. The highest BCUT2D eigenvalue weighted by Gasteiger charge is 2.14. The van der Waals surface area contributed by atoms with E-state index in [1.807, 2.05) is 11.3 Å². The second-order valence-electron chi connectivity index (χ2n) is 4.17. The van der Waals surface area contributed by atoms with Gasteiger partial charge in [0.25, 0.3) is 0 Å². The van der Waals surface area contributed by atoms with Crippen LogP contribution in [0, 0.1) is 0 Å². The van der Waals surface area contributed by atoms with Crippen LogP contribution < -0.4 is 0 Å². The summed E-state index contributed by atoms with van der Waals surface area (Å²) in [5.74, 6) is 0. The molecule has 0 atom stereocenters. The van der Waals surface area contributed by atoms with Gasteiger partial charge in [-0.1, -0.05) is 46.3 Å². The fourth-order valence-corrected chi connectivity index (χ4v) is 3.50. The van der Waals surface area contributed by atoms with Crippen LogP contribution in [0.2, 0.25) is 0 Å². The average molecular weight is 306 g/mol. The lowest BCUT2D eigenvalue weighted by Crippen LogP contribution is -1.92. The molecular weight excluding hydrogens is 294 g/mol. The van der Waals surface area contributed by atoms with E-state index in [0.717, 1.165) is 19.3 Å².